The molecule has 1 aromatic heterocycles. The van der Waals surface area contributed by atoms with Crippen LogP contribution in [0.1, 0.15) is 41.6 Å². The number of anilines is 1. The second-order valence-corrected chi connectivity index (χ2v) is 6.96. The van der Waals surface area contributed by atoms with Crippen LogP contribution in [0, 0.1) is 5.41 Å². The van der Waals surface area contributed by atoms with Gasteiger partial charge in [-0.25, -0.2) is 9.48 Å². The predicted octanol–water partition coefficient (Wildman–Crippen LogP) is 1.80. The smallest absolute Gasteiger partial charge is 0.359 e. The lowest BCUT2D eigenvalue weighted by molar-refractivity contribution is -0.123. The molecule has 0 bridgehead atoms. The second kappa shape index (κ2) is 7.94. The minimum Gasteiger partial charge on any atom is -0.453 e. The summed E-state index contributed by atoms with van der Waals surface area (Å²) in [7, 11) is 1.41. The number of aryl methyl sites for hydroxylation is 1. The topological polar surface area (TPSA) is 107 Å². The third-order valence-corrected chi connectivity index (χ3v) is 3.65. The van der Waals surface area contributed by atoms with Gasteiger partial charge in [-0.15, -0.1) is 0 Å². The van der Waals surface area contributed by atoms with E-state index in [1.54, 1.807) is 45.0 Å². The maximum absolute atomic E-state index is 12.2. The van der Waals surface area contributed by atoms with Crippen molar-refractivity contribution in [3.8, 4) is 0 Å². The van der Waals surface area contributed by atoms with E-state index >= 15 is 0 Å². The lowest BCUT2D eigenvalue weighted by Gasteiger charge is -2.17. The highest BCUT2D eigenvalue weighted by Gasteiger charge is 2.21. The van der Waals surface area contributed by atoms with Gasteiger partial charge in [-0.2, -0.15) is 5.10 Å². The first-order chi connectivity index (χ1) is 12.6. The van der Waals surface area contributed by atoms with Gasteiger partial charge in [0.05, 0.1) is 0 Å². The zero-order chi connectivity index (χ0) is 20.2. The number of carbonyl (C=O) groups excluding carboxylic acids is 3. The van der Waals surface area contributed by atoms with Crippen LogP contribution in [0.15, 0.2) is 41.2 Å². The van der Waals surface area contributed by atoms with Crippen LogP contribution in [0.5, 0.6) is 0 Å². The van der Waals surface area contributed by atoms with Crippen molar-refractivity contribution in [3.63, 3.8) is 0 Å². The van der Waals surface area contributed by atoms with Crippen molar-refractivity contribution < 1.29 is 19.1 Å². The average molecular weight is 371 g/mol. The summed E-state index contributed by atoms with van der Waals surface area (Å²) in [5.74, 6) is -1.34. The lowest BCUT2D eigenvalue weighted by atomic mass is 9.95. The molecule has 1 N–H and O–H groups in total. The summed E-state index contributed by atoms with van der Waals surface area (Å²) in [4.78, 5) is 47.3. The van der Waals surface area contributed by atoms with Crippen molar-refractivity contribution >= 4 is 23.3 Å². The molecule has 142 valence electrons. The fourth-order valence-electron chi connectivity index (χ4n) is 1.96. The van der Waals surface area contributed by atoms with E-state index in [9.17, 15) is 19.2 Å². The van der Waals surface area contributed by atoms with E-state index in [4.69, 9.17) is 4.74 Å². The molecule has 8 heteroatoms. The number of rotatable bonds is 5. The van der Waals surface area contributed by atoms with Gasteiger partial charge in [0.25, 0.3) is 5.56 Å². The minimum absolute atomic E-state index is 0.0647. The van der Waals surface area contributed by atoms with E-state index in [0.717, 1.165) is 4.68 Å². The van der Waals surface area contributed by atoms with Crippen molar-refractivity contribution in [2.75, 3.05) is 11.9 Å². The molecule has 2 aromatic rings. The van der Waals surface area contributed by atoms with Gasteiger partial charge in [-0.3, -0.25) is 14.4 Å². The minimum atomic E-state index is -0.798. The van der Waals surface area contributed by atoms with Crippen LogP contribution in [0.3, 0.4) is 0 Å². The Morgan fingerprint density at radius 3 is 2.26 bits per heavy atom. The summed E-state index contributed by atoms with van der Waals surface area (Å²) in [6, 6.07) is 8.72. The number of aromatic nitrogens is 2. The van der Waals surface area contributed by atoms with E-state index in [-0.39, 0.29) is 17.2 Å². The Labute approximate surface area is 156 Å². The number of amides is 1. The fourth-order valence-corrected chi connectivity index (χ4v) is 1.96. The third kappa shape index (κ3) is 5.34. The van der Waals surface area contributed by atoms with E-state index in [0.29, 0.717) is 11.3 Å². The molecule has 0 atom stereocenters. The summed E-state index contributed by atoms with van der Waals surface area (Å²) >= 11 is 0. The first-order valence-corrected chi connectivity index (χ1v) is 8.24. The standard InChI is InChI=1S/C19H21N3O5/c1-19(2,3)18(26)20-13-7-5-12(6-8-13)15(23)11-27-17(25)14-9-10-16(24)22(4)21-14/h5-10H,11H2,1-4H3,(H,20,26). The molecular weight excluding hydrogens is 350 g/mol. The number of hydrogen-bond acceptors (Lipinski definition) is 6. The van der Waals surface area contributed by atoms with E-state index in [1.807, 2.05) is 0 Å². The molecule has 2 rings (SSSR count). The van der Waals surface area contributed by atoms with Crippen LogP contribution in [0.4, 0.5) is 5.69 Å². The van der Waals surface area contributed by atoms with Crippen LogP contribution >= 0.6 is 0 Å². The number of nitrogens with zero attached hydrogens (tertiary/aromatic N) is 2. The van der Waals surface area contributed by atoms with Gasteiger partial charge >= 0.3 is 5.97 Å². The van der Waals surface area contributed by atoms with Gasteiger partial charge in [0.15, 0.2) is 18.1 Å². The molecule has 0 aliphatic carbocycles. The molecule has 8 nitrogen and oxygen atoms in total. The summed E-state index contributed by atoms with van der Waals surface area (Å²) in [5, 5.41) is 6.52. The highest BCUT2D eigenvalue weighted by Crippen LogP contribution is 2.18. The van der Waals surface area contributed by atoms with Crippen LogP contribution < -0.4 is 10.9 Å². The van der Waals surface area contributed by atoms with E-state index in [2.05, 4.69) is 10.4 Å². The molecule has 0 spiro atoms. The lowest BCUT2D eigenvalue weighted by Crippen LogP contribution is -2.27. The molecule has 1 heterocycles. The maximum atomic E-state index is 12.2. The molecule has 0 aliphatic heterocycles. The van der Waals surface area contributed by atoms with E-state index in [1.165, 1.54) is 19.2 Å². The quantitative estimate of drug-likeness (QED) is 0.634. The first kappa shape index (κ1) is 20.0. The van der Waals surface area contributed by atoms with Crippen molar-refractivity contribution in [2.45, 2.75) is 20.8 Å². The number of benzene rings is 1. The Balaban J connectivity index is 1.95. The van der Waals surface area contributed by atoms with E-state index < -0.39 is 23.8 Å². The van der Waals surface area contributed by atoms with Gasteiger partial charge < -0.3 is 10.1 Å². The number of nitrogens with one attached hydrogen (secondary N) is 1. The van der Waals surface area contributed by atoms with Gasteiger partial charge in [0.2, 0.25) is 5.91 Å². The predicted molar refractivity (Wildman–Crippen MR) is 98.6 cm³/mol. The van der Waals surface area contributed by atoms with Crippen molar-refractivity contribution in [2.24, 2.45) is 12.5 Å². The molecule has 0 unspecified atom stereocenters. The molecule has 1 amide bonds. The third-order valence-electron chi connectivity index (χ3n) is 3.65. The largest absolute Gasteiger partial charge is 0.453 e. The molecule has 1 aromatic carbocycles. The molecule has 0 saturated carbocycles. The second-order valence-electron chi connectivity index (χ2n) is 6.96. The summed E-state index contributed by atoms with van der Waals surface area (Å²) in [5.41, 5.74) is -0.0493. The Morgan fingerprint density at radius 2 is 1.70 bits per heavy atom. The Hall–Kier alpha value is -3.29. The van der Waals surface area contributed by atoms with Gasteiger partial charge in [-0.1, -0.05) is 20.8 Å². The van der Waals surface area contributed by atoms with Gasteiger partial charge in [0, 0.05) is 29.8 Å². The maximum Gasteiger partial charge on any atom is 0.359 e. The summed E-state index contributed by atoms with van der Waals surface area (Å²) in [6.45, 7) is 4.94. The molecule has 0 radical (unpaired) electrons. The van der Waals surface area contributed by atoms with Gasteiger partial charge in [0.1, 0.15) is 0 Å². The van der Waals surface area contributed by atoms with Crippen LogP contribution in [0.2, 0.25) is 0 Å². The zero-order valence-electron chi connectivity index (χ0n) is 15.6. The number of Topliss-reactive ketones (excluding diaryl/α,β-unsaturated/α-hetero) is 1. The van der Waals surface area contributed by atoms with Crippen LogP contribution in [-0.4, -0.2) is 34.0 Å². The Kier molecular flexibility index (Phi) is 5.89. The fraction of sp³-hybridized carbons (Fsp3) is 0.316. The first-order valence-electron chi connectivity index (χ1n) is 8.24. The SMILES string of the molecule is Cn1nc(C(=O)OCC(=O)c2ccc(NC(=O)C(C)(C)C)cc2)ccc1=O. The highest BCUT2D eigenvalue weighted by molar-refractivity contribution is 6.00. The van der Waals surface area contributed by atoms with Crippen molar-refractivity contribution in [3.05, 3.63) is 58.0 Å². The molecule has 0 aliphatic rings. The number of esters is 1. The molecule has 0 saturated heterocycles. The van der Waals surface area contributed by atoms with Crippen molar-refractivity contribution in [1.82, 2.24) is 9.78 Å². The van der Waals surface area contributed by atoms with Crippen LogP contribution in [0.25, 0.3) is 0 Å². The highest BCUT2D eigenvalue weighted by atomic mass is 16.5. The number of carbonyl (C=O) groups is 3. The molecule has 0 fully saturated rings. The molecular formula is C19H21N3O5. The van der Waals surface area contributed by atoms with Crippen LogP contribution in [-0.2, 0) is 16.6 Å². The number of hydrogen-bond donors (Lipinski definition) is 1. The number of ether oxygens (including phenoxy) is 1. The molecule has 27 heavy (non-hydrogen) atoms. The normalized spacial score (nSPS) is 11.0. The van der Waals surface area contributed by atoms with Gasteiger partial charge in [-0.05, 0) is 30.3 Å². The summed E-state index contributed by atoms with van der Waals surface area (Å²) < 4.78 is 5.95. The monoisotopic (exact) mass is 371 g/mol. The van der Waals surface area contributed by atoms with Crippen molar-refractivity contribution in [1.29, 1.82) is 0 Å². The summed E-state index contributed by atoms with van der Waals surface area (Å²) in [6.07, 6.45) is 0. The zero-order valence-corrected chi connectivity index (χ0v) is 15.6. The Morgan fingerprint density at radius 1 is 1.07 bits per heavy atom. The number of ketones is 1. The average Bonchev–Trinajstić information content (AvgIpc) is 2.61. The Bertz CT molecular complexity index is 924.